The van der Waals surface area contributed by atoms with Crippen molar-refractivity contribution in [1.29, 1.82) is 0 Å². The number of hydrogen-bond acceptors (Lipinski definition) is 4. The van der Waals surface area contributed by atoms with Crippen LogP contribution >= 0.6 is 0 Å². The molecule has 0 spiro atoms. The molecule has 46 heavy (non-hydrogen) atoms. The molecule has 242 valence electrons. The molecule has 5 heterocycles. The molecule has 3 aromatic heterocycles. The first-order chi connectivity index (χ1) is 22.1. The largest absolute Gasteiger partial charge is 0.481 e. The number of H-pyrrole nitrogens is 2. The van der Waals surface area contributed by atoms with Crippen LogP contribution in [-0.2, 0) is 9.53 Å². The van der Waals surface area contributed by atoms with Gasteiger partial charge in [-0.25, -0.2) is 9.97 Å². The number of hydrogen-bond donors (Lipinski definition) is 3. The number of carboxylic acid groups (broad SMARTS) is 1. The van der Waals surface area contributed by atoms with E-state index in [1.165, 1.54) is 18.4 Å². The Hall–Kier alpha value is -4.23. The van der Waals surface area contributed by atoms with Gasteiger partial charge < -0.3 is 19.8 Å². The molecule has 0 aliphatic carbocycles. The summed E-state index contributed by atoms with van der Waals surface area (Å²) in [5.74, 6) is -0.823. The summed E-state index contributed by atoms with van der Waals surface area (Å²) in [5.41, 5.74) is 15.9. The number of aliphatic carboxylic acids is 1. The van der Waals surface area contributed by atoms with Crippen LogP contribution in [0.15, 0.2) is 30.8 Å². The Balaban J connectivity index is 1.84. The van der Waals surface area contributed by atoms with Crippen LogP contribution in [0, 0.1) is 13.8 Å². The molecule has 0 aromatic carbocycles. The quantitative estimate of drug-likeness (QED) is 0.175. The third kappa shape index (κ3) is 6.52. The maximum atomic E-state index is 11.7. The lowest BCUT2D eigenvalue weighted by molar-refractivity contribution is -0.136. The molecule has 0 fully saturated rings. The van der Waals surface area contributed by atoms with Crippen molar-refractivity contribution in [3.8, 4) is 0 Å². The van der Waals surface area contributed by atoms with E-state index in [-0.39, 0.29) is 12.5 Å². The highest BCUT2D eigenvalue weighted by Gasteiger charge is 2.22. The minimum Gasteiger partial charge on any atom is -0.481 e. The summed E-state index contributed by atoms with van der Waals surface area (Å²) >= 11 is 0. The molecule has 0 radical (unpaired) electrons. The zero-order valence-corrected chi connectivity index (χ0v) is 28.5. The molecule has 1 atom stereocenters. The number of aromatic amines is 2. The van der Waals surface area contributed by atoms with E-state index in [0.717, 1.165) is 103 Å². The first-order valence-electron chi connectivity index (χ1n) is 16.7. The molecular weight excluding hydrogens is 572 g/mol. The minimum absolute atomic E-state index is 0.0364. The van der Waals surface area contributed by atoms with Crippen LogP contribution < -0.4 is 0 Å². The number of allylic oxidation sites excluding steroid dienone is 4. The van der Waals surface area contributed by atoms with Crippen molar-refractivity contribution >= 4 is 56.4 Å². The maximum absolute atomic E-state index is 11.7. The highest BCUT2D eigenvalue weighted by atomic mass is 16.5. The van der Waals surface area contributed by atoms with Crippen molar-refractivity contribution in [2.24, 2.45) is 0 Å². The number of carboxylic acids is 1. The summed E-state index contributed by atoms with van der Waals surface area (Å²) in [5, 5.41) is 9.56. The van der Waals surface area contributed by atoms with E-state index in [9.17, 15) is 9.90 Å². The van der Waals surface area contributed by atoms with Gasteiger partial charge >= 0.3 is 5.97 Å². The lowest BCUT2D eigenvalue weighted by Gasteiger charge is -2.14. The fourth-order valence-electron chi connectivity index (χ4n) is 6.80. The third-order valence-corrected chi connectivity index (χ3v) is 9.55. The van der Waals surface area contributed by atoms with E-state index in [2.05, 4.69) is 76.3 Å². The Labute approximate surface area is 272 Å². The number of nitrogens with zero attached hydrogens (tertiary/aromatic N) is 2. The number of ether oxygens (including phenoxy) is 1. The zero-order chi connectivity index (χ0) is 33.1. The molecule has 5 rings (SSSR count). The van der Waals surface area contributed by atoms with E-state index in [4.69, 9.17) is 14.7 Å². The SMILES string of the molecule is C=Cc1c(C)c2cc3nc(cc4nc(cc5[nH]c(cc1[nH]2)c(C)c5C(C)OCCCCCC)C(C)=C4CCC(=O)O)C(CC)=C3C. The number of carbonyl (C=O) groups is 1. The fourth-order valence-corrected chi connectivity index (χ4v) is 6.80. The Morgan fingerprint density at radius 2 is 1.48 bits per heavy atom. The van der Waals surface area contributed by atoms with Crippen LogP contribution in [0.2, 0.25) is 0 Å². The highest BCUT2D eigenvalue weighted by Crippen LogP contribution is 2.38. The van der Waals surface area contributed by atoms with Gasteiger partial charge in [-0.1, -0.05) is 45.8 Å². The number of nitrogens with one attached hydrogen (secondary N) is 2. The highest BCUT2D eigenvalue weighted by molar-refractivity contribution is 5.96. The fraction of sp³-hybridized carbons (Fsp3) is 0.410. The molecule has 0 amide bonds. The molecule has 1 unspecified atom stereocenters. The minimum atomic E-state index is -0.823. The molecule has 3 N–H and O–H groups in total. The number of aromatic nitrogens is 4. The summed E-state index contributed by atoms with van der Waals surface area (Å²) in [6.45, 7) is 19.7. The first kappa shape index (κ1) is 33.1. The zero-order valence-electron chi connectivity index (χ0n) is 28.5. The van der Waals surface area contributed by atoms with Gasteiger partial charge in [-0.15, -0.1) is 0 Å². The molecule has 0 saturated heterocycles. The number of unbranched alkanes of at least 4 members (excludes halogenated alkanes) is 3. The molecule has 3 aromatic rings. The summed E-state index contributed by atoms with van der Waals surface area (Å²) in [7, 11) is 0. The van der Waals surface area contributed by atoms with Gasteiger partial charge in [0.05, 0.1) is 28.9 Å². The van der Waals surface area contributed by atoms with Gasteiger partial charge in [-0.3, -0.25) is 4.79 Å². The summed E-state index contributed by atoms with van der Waals surface area (Å²) in [6, 6.07) is 8.43. The van der Waals surface area contributed by atoms with Crippen LogP contribution in [0.3, 0.4) is 0 Å². The van der Waals surface area contributed by atoms with Gasteiger partial charge in [-0.2, -0.15) is 0 Å². The topological polar surface area (TPSA) is 104 Å². The smallest absolute Gasteiger partial charge is 0.303 e. The summed E-state index contributed by atoms with van der Waals surface area (Å²) < 4.78 is 6.42. The standard InChI is InChI=1S/C39H48N4O3/c1-9-12-13-14-17-46-26(8)39-25(7)33-19-34-27(10-2)22(4)30(40-34)18-31-23(5)28(11-3)35(41-31)21-36-29(15-16-38(44)45)24(6)32(42-36)20-37(39)43-33/h10,18-21,26,40,43H,2,9,11-17H2,1,3-8H3,(H,44,45). The molecule has 7 nitrogen and oxygen atoms in total. The Kier molecular flexibility index (Phi) is 10.1. The normalized spacial score (nSPS) is 13.9. The number of aryl methyl sites for hydroxylation is 2. The number of fused-ring (bicyclic) bond motifs is 8. The average molecular weight is 621 g/mol. The summed E-state index contributed by atoms with van der Waals surface area (Å²) in [6.07, 6.45) is 7.65. The number of rotatable bonds is 12. The van der Waals surface area contributed by atoms with Crippen LogP contribution in [0.5, 0.6) is 0 Å². The van der Waals surface area contributed by atoms with E-state index >= 15 is 0 Å². The molecule has 0 saturated carbocycles. The van der Waals surface area contributed by atoms with Gasteiger partial charge in [0.15, 0.2) is 0 Å². The summed E-state index contributed by atoms with van der Waals surface area (Å²) in [4.78, 5) is 29.2. The van der Waals surface area contributed by atoms with Gasteiger partial charge in [-0.05, 0) is 112 Å². The molecule has 2 aliphatic rings. The second-order valence-electron chi connectivity index (χ2n) is 12.6. The van der Waals surface area contributed by atoms with E-state index in [1.54, 1.807) is 0 Å². The lowest BCUT2D eigenvalue weighted by Crippen LogP contribution is -2.02. The Morgan fingerprint density at radius 3 is 2.13 bits per heavy atom. The van der Waals surface area contributed by atoms with Crippen molar-refractivity contribution < 1.29 is 14.6 Å². The predicted octanol–water partition coefficient (Wildman–Crippen LogP) is 10.4. The lowest BCUT2D eigenvalue weighted by atomic mass is 9.99. The van der Waals surface area contributed by atoms with Crippen LogP contribution in [0.4, 0.5) is 0 Å². The van der Waals surface area contributed by atoms with Crippen molar-refractivity contribution in [3.63, 3.8) is 0 Å². The second-order valence-corrected chi connectivity index (χ2v) is 12.6. The molecule has 8 bridgehead atoms. The van der Waals surface area contributed by atoms with Crippen molar-refractivity contribution in [2.45, 2.75) is 99.5 Å². The Morgan fingerprint density at radius 1 is 0.848 bits per heavy atom. The van der Waals surface area contributed by atoms with Crippen LogP contribution in [0.1, 0.15) is 131 Å². The molecule has 2 aliphatic heterocycles. The monoisotopic (exact) mass is 620 g/mol. The van der Waals surface area contributed by atoms with Gasteiger partial charge in [0, 0.05) is 46.2 Å². The van der Waals surface area contributed by atoms with Gasteiger partial charge in [0.1, 0.15) is 0 Å². The average Bonchev–Trinajstić information content (AvgIpc) is 3.68. The van der Waals surface area contributed by atoms with Gasteiger partial charge in [0.2, 0.25) is 0 Å². The molecular formula is C39H48N4O3. The van der Waals surface area contributed by atoms with Crippen LogP contribution in [0.25, 0.3) is 50.4 Å². The van der Waals surface area contributed by atoms with E-state index < -0.39 is 5.97 Å². The van der Waals surface area contributed by atoms with Gasteiger partial charge in [0.25, 0.3) is 0 Å². The molecule has 7 heteroatoms. The Bertz CT molecular complexity index is 1900. The third-order valence-electron chi connectivity index (χ3n) is 9.55. The second kappa shape index (κ2) is 14.0. The van der Waals surface area contributed by atoms with Crippen molar-refractivity contribution in [2.75, 3.05) is 6.61 Å². The van der Waals surface area contributed by atoms with Crippen molar-refractivity contribution in [1.82, 2.24) is 19.9 Å². The van der Waals surface area contributed by atoms with E-state index in [0.29, 0.717) is 13.0 Å². The van der Waals surface area contributed by atoms with E-state index in [1.807, 2.05) is 19.1 Å². The maximum Gasteiger partial charge on any atom is 0.303 e. The van der Waals surface area contributed by atoms with Crippen molar-refractivity contribution in [3.05, 3.63) is 75.9 Å². The first-order valence-corrected chi connectivity index (χ1v) is 16.7. The predicted molar refractivity (Wildman–Crippen MR) is 191 cm³/mol. The van der Waals surface area contributed by atoms with Crippen LogP contribution in [-0.4, -0.2) is 37.6 Å².